The number of aliphatic hydroxyl groups excluding tert-OH is 1. The molecule has 1 aromatic rings. The average molecular weight is 295 g/mol. The summed E-state index contributed by atoms with van der Waals surface area (Å²) in [6, 6.07) is -0.280. The highest BCUT2D eigenvalue weighted by atomic mass is 32.2. The molecule has 0 saturated heterocycles. The molecule has 1 aromatic carbocycles. The molecular formula is C10H11F2NO5S. The van der Waals surface area contributed by atoms with Crippen LogP contribution in [0.4, 0.5) is 8.78 Å². The van der Waals surface area contributed by atoms with Gasteiger partial charge in [0.25, 0.3) is 0 Å². The molecule has 2 atom stereocenters. The fraction of sp³-hybridized carbons (Fsp3) is 0.300. The van der Waals surface area contributed by atoms with Crippen LogP contribution < -0.4 is 4.72 Å². The molecule has 6 nitrogen and oxygen atoms in total. The topological polar surface area (TPSA) is 104 Å². The standard InChI is InChI=1S/C10H11F2NO5S/c1-5(14)9(10(15)16)13-19(17,18)8-3-6(11)2-7(12)4-8/h2-5,9,13-14H,1H3,(H,15,16)/t5-,9+/m1/s1. The SMILES string of the molecule is C[C@@H](O)[C@H](NS(=O)(=O)c1cc(F)cc(F)c1)C(=O)O. The van der Waals surface area contributed by atoms with Crippen molar-refractivity contribution in [3.63, 3.8) is 0 Å². The first-order chi connectivity index (χ1) is 8.63. The number of sulfonamides is 1. The summed E-state index contributed by atoms with van der Waals surface area (Å²) in [7, 11) is -4.47. The summed E-state index contributed by atoms with van der Waals surface area (Å²) < 4.78 is 51.0. The van der Waals surface area contributed by atoms with Crippen LogP contribution in [0.2, 0.25) is 0 Å². The third-order valence-corrected chi connectivity index (χ3v) is 3.60. The lowest BCUT2D eigenvalue weighted by atomic mass is 10.2. The van der Waals surface area contributed by atoms with Gasteiger partial charge in [0.2, 0.25) is 10.0 Å². The van der Waals surface area contributed by atoms with E-state index >= 15 is 0 Å². The molecule has 0 aromatic heterocycles. The summed E-state index contributed by atoms with van der Waals surface area (Å²) in [6.45, 7) is 1.06. The predicted molar refractivity (Wildman–Crippen MR) is 59.8 cm³/mol. The number of aliphatic carboxylic acids is 1. The van der Waals surface area contributed by atoms with Crippen LogP contribution in [-0.4, -0.2) is 36.7 Å². The smallest absolute Gasteiger partial charge is 0.324 e. The number of aliphatic hydroxyl groups is 1. The Morgan fingerprint density at radius 2 is 1.74 bits per heavy atom. The summed E-state index contributed by atoms with van der Waals surface area (Å²) in [5.41, 5.74) is 0. The quantitative estimate of drug-likeness (QED) is 0.713. The molecular weight excluding hydrogens is 284 g/mol. The Hall–Kier alpha value is -1.58. The van der Waals surface area contributed by atoms with Crippen LogP contribution in [0.15, 0.2) is 23.1 Å². The molecule has 3 N–H and O–H groups in total. The van der Waals surface area contributed by atoms with Crippen LogP contribution in [0.3, 0.4) is 0 Å². The van der Waals surface area contributed by atoms with Gasteiger partial charge in [-0.15, -0.1) is 0 Å². The second-order valence-electron chi connectivity index (χ2n) is 3.78. The second kappa shape index (κ2) is 5.59. The largest absolute Gasteiger partial charge is 0.480 e. The van der Waals surface area contributed by atoms with Gasteiger partial charge in [-0.25, -0.2) is 17.2 Å². The first-order valence-corrected chi connectivity index (χ1v) is 6.51. The van der Waals surface area contributed by atoms with E-state index in [9.17, 15) is 22.0 Å². The number of benzene rings is 1. The van der Waals surface area contributed by atoms with Crippen LogP contribution >= 0.6 is 0 Å². The second-order valence-corrected chi connectivity index (χ2v) is 5.50. The lowest BCUT2D eigenvalue weighted by Crippen LogP contribution is -2.47. The summed E-state index contributed by atoms with van der Waals surface area (Å²) in [6.07, 6.45) is -1.52. The molecule has 19 heavy (non-hydrogen) atoms. The van der Waals surface area contributed by atoms with Crippen molar-refractivity contribution in [1.29, 1.82) is 0 Å². The molecule has 106 valence electrons. The van der Waals surface area contributed by atoms with Gasteiger partial charge in [0.05, 0.1) is 11.0 Å². The van der Waals surface area contributed by atoms with Gasteiger partial charge in [-0.3, -0.25) is 4.79 Å². The number of hydrogen-bond acceptors (Lipinski definition) is 4. The zero-order valence-electron chi connectivity index (χ0n) is 9.67. The minimum absolute atomic E-state index is 0.475. The van der Waals surface area contributed by atoms with Crippen molar-refractivity contribution in [2.45, 2.75) is 24.0 Å². The summed E-state index contributed by atoms with van der Waals surface area (Å²) in [5, 5.41) is 17.9. The van der Waals surface area contributed by atoms with Gasteiger partial charge in [-0.2, -0.15) is 4.72 Å². The Labute approximate surface area is 107 Å². The van der Waals surface area contributed by atoms with Gasteiger partial charge in [0.15, 0.2) is 0 Å². The minimum atomic E-state index is -4.47. The van der Waals surface area contributed by atoms with Crippen LogP contribution in [0, 0.1) is 11.6 Å². The fourth-order valence-electron chi connectivity index (χ4n) is 1.27. The van der Waals surface area contributed by atoms with Gasteiger partial charge in [0.1, 0.15) is 17.7 Å². The molecule has 0 aliphatic heterocycles. The van der Waals surface area contributed by atoms with E-state index in [1.54, 1.807) is 4.72 Å². The monoisotopic (exact) mass is 295 g/mol. The number of rotatable bonds is 5. The Morgan fingerprint density at radius 1 is 1.26 bits per heavy atom. The third-order valence-electron chi connectivity index (χ3n) is 2.18. The molecule has 0 aliphatic carbocycles. The maximum Gasteiger partial charge on any atom is 0.324 e. The lowest BCUT2D eigenvalue weighted by molar-refractivity contribution is -0.141. The summed E-state index contributed by atoms with van der Waals surface area (Å²) in [5.74, 6) is -3.86. The zero-order chi connectivity index (χ0) is 14.8. The number of carbonyl (C=O) groups is 1. The predicted octanol–water partition coefficient (Wildman–Crippen LogP) is 0.0771. The van der Waals surface area contributed by atoms with E-state index in [1.807, 2.05) is 0 Å². The van der Waals surface area contributed by atoms with Gasteiger partial charge in [0, 0.05) is 6.07 Å². The molecule has 0 heterocycles. The van der Waals surface area contributed by atoms with E-state index in [-0.39, 0.29) is 0 Å². The van der Waals surface area contributed by atoms with E-state index in [1.165, 1.54) is 0 Å². The molecule has 0 unspecified atom stereocenters. The highest BCUT2D eigenvalue weighted by Crippen LogP contribution is 2.14. The molecule has 1 rings (SSSR count). The lowest BCUT2D eigenvalue weighted by Gasteiger charge is -2.17. The Kier molecular flexibility index (Phi) is 4.56. The molecule has 0 aliphatic rings. The molecule has 0 spiro atoms. The normalized spacial score (nSPS) is 14.9. The highest BCUT2D eigenvalue weighted by Gasteiger charge is 2.29. The van der Waals surface area contributed by atoms with E-state index in [0.29, 0.717) is 18.2 Å². The van der Waals surface area contributed by atoms with Gasteiger partial charge in [-0.1, -0.05) is 0 Å². The number of carboxylic acids is 1. The Morgan fingerprint density at radius 3 is 2.11 bits per heavy atom. The molecule has 0 amide bonds. The maximum absolute atomic E-state index is 12.9. The van der Waals surface area contributed by atoms with Gasteiger partial charge in [-0.05, 0) is 19.1 Å². The van der Waals surface area contributed by atoms with Crippen LogP contribution in [-0.2, 0) is 14.8 Å². The average Bonchev–Trinajstić information content (AvgIpc) is 2.23. The minimum Gasteiger partial charge on any atom is -0.480 e. The molecule has 0 bridgehead atoms. The van der Waals surface area contributed by atoms with E-state index < -0.39 is 44.7 Å². The van der Waals surface area contributed by atoms with Gasteiger partial charge < -0.3 is 10.2 Å². The molecule has 0 radical (unpaired) electrons. The van der Waals surface area contributed by atoms with E-state index in [4.69, 9.17) is 10.2 Å². The first kappa shape index (κ1) is 15.5. The third kappa shape index (κ3) is 3.94. The Balaban J connectivity index is 3.13. The molecule has 9 heteroatoms. The number of carboxylic acid groups (broad SMARTS) is 1. The van der Waals surface area contributed by atoms with Crippen molar-refractivity contribution < 1.29 is 32.2 Å². The van der Waals surface area contributed by atoms with Crippen LogP contribution in [0.25, 0.3) is 0 Å². The van der Waals surface area contributed by atoms with Crippen molar-refractivity contribution >= 4 is 16.0 Å². The van der Waals surface area contributed by atoms with Crippen molar-refractivity contribution in [2.75, 3.05) is 0 Å². The van der Waals surface area contributed by atoms with Crippen LogP contribution in [0.1, 0.15) is 6.92 Å². The number of nitrogens with one attached hydrogen (secondary N) is 1. The molecule has 0 fully saturated rings. The van der Waals surface area contributed by atoms with Crippen molar-refractivity contribution in [1.82, 2.24) is 4.72 Å². The highest BCUT2D eigenvalue weighted by molar-refractivity contribution is 7.89. The first-order valence-electron chi connectivity index (χ1n) is 5.03. The molecule has 0 saturated carbocycles. The van der Waals surface area contributed by atoms with E-state index in [2.05, 4.69) is 0 Å². The van der Waals surface area contributed by atoms with Crippen molar-refractivity contribution in [3.05, 3.63) is 29.8 Å². The Bertz CT molecular complexity index is 567. The van der Waals surface area contributed by atoms with Crippen LogP contribution in [0.5, 0.6) is 0 Å². The van der Waals surface area contributed by atoms with E-state index in [0.717, 1.165) is 6.92 Å². The summed E-state index contributed by atoms with van der Waals surface area (Å²) in [4.78, 5) is 9.98. The maximum atomic E-state index is 12.9. The van der Waals surface area contributed by atoms with Gasteiger partial charge >= 0.3 is 5.97 Å². The van der Waals surface area contributed by atoms with Crippen molar-refractivity contribution in [2.24, 2.45) is 0 Å². The summed E-state index contributed by atoms with van der Waals surface area (Å²) >= 11 is 0. The number of hydrogen-bond donors (Lipinski definition) is 3. The van der Waals surface area contributed by atoms with Crippen molar-refractivity contribution in [3.8, 4) is 0 Å². The fourth-order valence-corrected chi connectivity index (χ4v) is 2.58. The number of halogens is 2. The zero-order valence-corrected chi connectivity index (χ0v) is 10.5.